The monoisotopic (exact) mass is 359 g/mol. The number of rotatable bonds is 5. The normalized spacial score (nSPS) is 11.9. The Morgan fingerprint density at radius 3 is 2.71 bits per heavy atom. The van der Waals surface area contributed by atoms with Gasteiger partial charge in [0.1, 0.15) is 12.1 Å². The zero-order valence-electron chi connectivity index (χ0n) is 12.8. The van der Waals surface area contributed by atoms with E-state index in [0.29, 0.717) is 16.0 Å². The Labute approximate surface area is 148 Å². The Hall–Kier alpha value is -2.38. The van der Waals surface area contributed by atoms with Crippen molar-refractivity contribution in [1.29, 1.82) is 0 Å². The van der Waals surface area contributed by atoms with E-state index in [0.717, 1.165) is 5.69 Å². The van der Waals surface area contributed by atoms with E-state index in [-0.39, 0.29) is 11.2 Å². The van der Waals surface area contributed by atoms with Gasteiger partial charge in [0.2, 0.25) is 11.1 Å². The first kappa shape index (κ1) is 16.5. The lowest BCUT2D eigenvalue weighted by Crippen LogP contribution is -2.23. The molecule has 1 atom stereocenters. The molecule has 0 aliphatic rings. The van der Waals surface area contributed by atoms with Crippen LogP contribution in [0.25, 0.3) is 5.69 Å². The molecule has 3 rings (SSSR count). The van der Waals surface area contributed by atoms with Crippen LogP contribution in [-0.2, 0) is 4.79 Å². The number of carbonyl (C=O) groups excluding carboxylic acids is 1. The molecule has 0 saturated heterocycles. The first-order chi connectivity index (χ1) is 11.6. The Morgan fingerprint density at radius 2 is 2.00 bits per heavy atom. The molecule has 24 heavy (non-hydrogen) atoms. The van der Waals surface area contributed by atoms with Gasteiger partial charge in [0, 0.05) is 6.20 Å². The van der Waals surface area contributed by atoms with Crippen LogP contribution in [0.1, 0.15) is 6.92 Å². The SMILES string of the molecule is CC(Sc1ncn(-c2ccccc2)n1)C(=O)Nc1ccc(Cl)cn1. The van der Waals surface area contributed by atoms with E-state index >= 15 is 0 Å². The van der Waals surface area contributed by atoms with Crippen molar-refractivity contribution < 1.29 is 4.79 Å². The van der Waals surface area contributed by atoms with Gasteiger partial charge in [-0.25, -0.2) is 14.6 Å². The van der Waals surface area contributed by atoms with Crippen LogP contribution in [0.15, 0.2) is 60.1 Å². The molecule has 122 valence electrons. The van der Waals surface area contributed by atoms with Gasteiger partial charge in [-0.15, -0.1) is 5.10 Å². The second kappa shape index (κ2) is 7.46. The fraction of sp³-hybridized carbons (Fsp3) is 0.125. The van der Waals surface area contributed by atoms with Crippen LogP contribution < -0.4 is 5.32 Å². The summed E-state index contributed by atoms with van der Waals surface area (Å²) in [5, 5.41) is 7.80. The third-order valence-corrected chi connectivity index (χ3v) is 4.31. The van der Waals surface area contributed by atoms with Crippen LogP contribution in [0, 0.1) is 0 Å². The summed E-state index contributed by atoms with van der Waals surface area (Å²) < 4.78 is 1.67. The summed E-state index contributed by atoms with van der Waals surface area (Å²) >= 11 is 7.05. The van der Waals surface area contributed by atoms with Crippen molar-refractivity contribution in [2.24, 2.45) is 0 Å². The number of carbonyl (C=O) groups is 1. The summed E-state index contributed by atoms with van der Waals surface area (Å²) in [5.41, 5.74) is 0.916. The summed E-state index contributed by atoms with van der Waals surface area (Å²) in [5.74, 6) is 0.283. The number of amides is 1. The summed E-state index contributed by atoms with van der Waals surface area (Å²) in [6.45, 7) is 1.79. The number of aromatic nitrogens is 4. The number of anilines is 1. The van der Waals surface area contributed by atoms with E-state index in [4.69, 9.17) is 11.6 Å². The summed E-state index contributed by atoms with van der Waals surface area (Å²) in [6.07, 6.45) is 3.11. The molecule has 3 aromatic rings. The van der Waals surface area contributed by atoms with Crippen LogP contribution in [0.5, 0.6) is 0 Å². The van der Waals surface area contributed by atoms with Crippen LogP contribution in [0.4, 0.5) is 5.82 Å². The van der Waals surface area contributed by atoms with Crippen molar-refractivity contribution in [3.8, 4) is 5.69 Å². The highest BCUT2D eigenvalue weighted by atomic mass is 35.5. The van der Waals surface area contributed by atoms with Crippen molar-refractivity contribution in [3.05, 3.63) is 60.0 Å². The van der Waals surface area contributed by atoms with Gasteiger partial charge in [0.25, 0.3) is 0 Å². The Kier molecular flexibility index (Phi) is 5.12. The molecule has 1 aromatic carbocycles. The van der Waals surface area contributed by atoms with Gasteiger partial charge in [-0.05, 0) is 31.2 Å². The third-order valence-electron chi connectivity index (χ3n) is 3.12. The highest BCUT2D eigenvalue weighted by Crippen LogP contribution is 2.21. The zero-order chi connectivity index (χ0) is 16.9. The van der Waals surface area contributed by atoms with Gasteiger partial charge in [-0.2, -0.15) is 0 Å². The molecule has 0 radical (unpaired) electrons. The highest BCUT2D eigenvalue weighted by molar-refractivity contribution is 8.00. The molecule has 0 aliphatic carbocycles. The second-order valence-electron chi connectivity index (χ2n) is 4.92. The molecule has 0 fully saturated rings. The minimum absolute atomic E-state index is 0.175. The maximum Gasteiger partial charge on any atom is 0.238 e. The number of nitrogens with one attached hydrogen (secondary N) is 1. The first-order valence-electron chi connectivity index (χ1n) is 7.18. The van der Waals surface area contributed by atoms with Gasteiger partial charge < -0.3 is 5.32 Å². The Balaban J connectivity index is 1.62. The number of thioether (sulfide) groups is 1. The summed E-state index contributed by atoms with van der Waals surface area (Å²) in [7, 11) is 0. The van der Waals surface area contributed by atoms with Gasteiger partial charge in [0.05, 0.1) is 16.0 Å². The Morgan fingerprint density at radius 1 is 1.21 bits per heavy atom. The van der Waals surface area contributed by atoms with Gasteiger partial charge in [0.15, 0.2) is 0 Å². The predicted molar refractivity (Wildman–Crippen MR) is 94.6 cm³/mol. The second-order valence-corrected chi connectivity index (χ2v) is 6.66. The molecule has 8 heteroatoms. The number of nitrogens with zero attached hydrogens (tertiary/aromatic N) is 4. The first-order valence-corrected chi connectivity index (χ1v) is 8.44. The standard InChI is InChI=1S/C16H14ClN5OS/c1-11(15(23)20-14-8-7-12(17)9-18-14)24-16-19-10-22(21-16)13-5-3-2-4-6-13/h2-11H,1H3,(H,18,20,23). The predicted octanol–water partition coefficient (Wildman–Crippen LogP) is 3.44. The largest absolute Gasteiger partial charge is 0.310 e. The molecule has 2 heterocycles. The molecule has 1 amide bonds. The van der Waals surface area contributed by atoms with E-state index in [1.165, 1.54) is 18.0 Å². The van der Waals surface area contributed by atoms with Crippen LogP contribution >= 0.6 is 23.4 Å². The topological polar surface area (TPSA) is 72.7 Å². The molecule has 6 nitrogen and oxygen atoms in total. The van der Waals surface area contributed by atoms with Gasteiger partial charge in [-0.1, -0.05) is 41.6 Å². The third kappa shape index (κ3) is 4.12. The number of pyridine rings is 1. The fourth-order valence-electron chi connectivity index (χ4n) is 1.90. The van der Waals surface area contributed by atoms with Crippen molar-refractivity contribution >= 4 is 35.1 Å². The van der Waals surface area contributed by atoms with Crippen molar-refractivity contribution in [3.63, 3.8) is 0 Å². The lowest BCUT2D eigenvalue weighted by molar-refractivity contribution is -0.115. The van der Waals surface area contributed by atoms with E-state index in [1.54, 1.807) is 30.1 Å². The van der Waals surface area contributed by atoms with Gasteiger partial charge in [-0.3, -0.25) is 4.79 Å². The summed E-state index contributed by atoms with van der Waals surface area (Å²) in [6, 6.07) is 13.0. The molecular formula is C16H14ClN5OS. The van der Waals surface area contributed by atoms with Crippen LogP contribution in [0.3, 0.4) is 0 Å². The summed E-state index contributed by atoms with van der Waals surface area (Å²) in [4.78, 5) is 20.5. The van der Waals surface area contributed by atoms with E-state index in [1.807, 2.05) is 30.3 Å². The minimum Gasteiger partial charge on any atom is -0.310 e. The number of hydrogen-bond acceptors (Lipinski definition) is 5. The molecule has 1 unspecified atom stereocenters. The average molecular weight is 360 g/mol. The zero-order valence-corrected chi connectivity index (χ0v) is 14.3. The van der Waals surface area contributed by atoms with Crippen LogP contribution in [-0.4, -0.2) is 30.9 Å². The molecule has 0 aliphatic heterocycles. The molecule has 0 bridgehead atoms. The number of para-hydroxylation sites is 1. The average Bonchev–Trinajstić information content (AvgIpc) is 3.06. The quantitative estimate of drug-likeness (QED) is 0.706. The van der Waals surface area contributed by atoms with Gasteiger partial charge >= 0.3 is 0 Å². The molecular weight excluding hydrogens is 346 g/mol. The lowest BCUT2D eigenvalue weighted by atomic mass is 10.3. The molecule has 2 aromatic heterocycles. The fourth-order valence-corrected chi connectivity index (χ4v) is 2.73. The number of halogens is 1. The molecule has 0 spiro atoms. The highest BCUT2D eigenvalue weighted by Gasteiger charge is 2.17. The maximum absolute atomic E-state index is 12.2. The van der Waals surface area contributed by atoms with E-state index in [9.17, 15) is 4.79 Å². The molecule has 0 saturated carbocycles. The molecule has 1 N–H and O–H groups in total. The Bertz CT molecular complexity index is 822. The van der Waals surface area contributed by atoms with Crippen molar-refractivity contribution in [2.45, 2.75) is 17.3 Å². The lowest BCUT2D eigenvalue weighted by Gasteiger charge is -2.09. The number of hydrogen-bond donors (Lipinski definition) is 1. The van der Waals surface area contributed by atoms with E-state index < -0.39 is 0 Å². The van der Waals surface area contributed by atoms with Crippen molar-refractivity contribution in [2.75, 3.05) is 5.32 Å². The smallest absolute Gasteiger partial charge is 0.238 e. The maximum atomic E-state index is 12.2. The van der Waals surface area contributed by atoms with Crippen molar-refractivity contribution in [1.82, 2.24) is 19.7 Å². The number of benzene rings is 1. The van der Waals surface area contributed by atoms with Crippen LogP contribution in [0.2, 0.25) is 5.02 Å². The van der Waals surface area contributed by atoms with E-state index in [2.05, 4.69) is 20.4 Å². The minimum atomic E-state index is -0.367.